The van der Waals surface area contributed by atoms with Crippen LogP contribution in [-0.4, -0.2) is 6.71 Å². The Kier molecular flexibility index (Phi) is 5.84. The zero-order valence-corrected chi connectivity index (χ0v) is 28.8. The number of rotatable bonds is 1. The van der Waals surface area contributed by atoms with E-state index in [0.29, 0.717) is 0 Å². The average Bonchev–Trinajstić information content (AvgIpc) is 3.64. The number of thiophene rings is 1. The average molecular weight is 618 g/mol. The van der Waals surface area contributed by atoms with Crippen molar-refractivity contribution >= 4 is 71.7 Å². The first-order chi connectivity index (χ1) is 22.0. The minimum atomic E-state index is 0.0393. The van der Waals surface area contributed by atoms with Crippen LogP contribution in [0.4, 0.5) is 17.1 Å². The quantitative estimate of drug-likeness (QED) is 0.170. The van der Waals surface area contributed by atoms with Gasteiger partial charge in [-0.25, -0.2) is 0 Å². The van der Waals surface area contributed by atoms with E-state index in [2.05, 4.69) is 132 Å². The molecule has 0 spiro atoms. The largest absolute Gasteiger partial charge is 0.458 e. The fourth-order valence-corrected chi connectivity index (χ4v) is 9.50. The van der Waals surface area contributed by atoms with Crippen molar-refractivity contribution in [2.45, 2.75) is 78.6 Å². The van der Waals surface area contributed by atoms with Gasteiger partial charge in [-0.2, -0.15) is 0 Å². The molecule has 2 nitrogen and oxygen atoms in total. The van der Waals surface area contributed by atoms with Crippen LogP contribution in [0.2, 0.25) is 0 Å². The second-order valence-corrected chi connectivity index (χ2v) is 16.8. The lowest BCUT2D eigenvalue weighted by molar-refractivity contribution is 0.486. The van der Waals surface area contributed by atoms with E-state index < -0.39 is 0 Å². The van der Waals surface area contributed by atoms with E-state index in [-0.39, 0.29) is 17.5 Å². The summed E-state index contributed by atoms with van der Waals surface area (Å²) in [4.78, 5) is 2.56. The van der Waals surface area contributed by atoms with E-state index in [4.69, 9.17) is 4.74 Å². The summed E-state index contributed by atoms with van der Waals surface area (Å²) >= 11 is 1.99. The molecule has 4 heteroatoms. The van der Waals surface area contributed by atoms with Gasteiger partial charge in [0.1, 0.15) is 11.5 Å². The van der Waals surface area contributed by atoms with Gasteiger partial charge in [-0.05, 0) is 118 Å². The van der Waals surface area contributed by atoms with E-state index >= 15 is 0 Å². The second kappa shape index (κ2) is 9.52. The van der Waals surface area contributed by atoms with E-state index in [1.165, 1.54) is 89.6 Å². The number of anilines is 3. The molecule has 0 amide bonds. The highest BCUT2D eigenvalue weighted by Gasteiger charge is 2.43. The number of benzene rings is 5. The first-order valence-electron chi connectivity index (χ1n) is 16.8. The summed E-state index contributed by atoms with van der Waals surface area (Å²) in [5, 5.41) is 2.79. The maximum atomic E-state index is 6.80. The van der Waals surface area contributed by atoms with Crippen LogP contribution in [0.5, 0.6) is 11.5 Å². The molecule has 0 saturated heterocycles. The Morgan fingerprint density at radius 3 is 2.26 bits per heavy atom. The number of hydrogen-bond acceptors (Lipinski definition) is 3. The first kappa shape index (κ1) is 28.2. The highest BCUT2D eigenvalue weighted by atomic mass is 32.1. The molecule has 0 bridgehead atoms. The molecule has 9 rings (SSSR count). The van der Waals surface area contributed by atoms with E-state index in [1.807, 2.05) is 11.3 Å². The molecule has 0 atom stereocenters. The molecule has 3 aliphatic rings. The Morgan fingerprint density at radius 2 is 1.50 bits per heavy atom. The molecule has 46 heavy (non-hydrogen) atoms. The van der Waals surface area contributed by atoms with Crippen LogP contribution in [0.25, 0.3) is 20.2 Å². The Labute approximate surface area is 277 Å². The topological polar surface area (TPSA) is 12.5 Å². The number of aryl methyl sites for hydroxylation is 3. The lowest BCUT2D eigenvalue weighted by atomic mass is 9.34. The monoisotopic (exact) mass is 617 g/mol. The van der Waals surface area contributed by atoms with Crippen molar-refractivity contribution in [2.75, 3.05) is 4.90 Å². The van der Waals surface area contributed by atoms with E-state index in [0.717, 1.165) is 11.5 Å². The van der Waals surface area contributed by atoms with Gasteiger partial charge in [-0.15, -0.1) is 11.3 Å². The van der Waals surface area contributed by atoms with Crippen molar-refractivity contribution in [3.05, 3.63) is 107 Å². The minimum absolute atomic E-state index is 0.0393. The summed E-state index contributed by atoms with van der Waals surface area (Å²) in [7, 11) is 0. The molecule has 1 aliphatic carbocycles. The Balaban J connectivity index is 1.40. The van der Waals surface area contributed by atoms with Crippen LogP contribution >= 0.6 is 11.3 Å². The zero-order chi connectivity index (χ0) is 31.7. The van der Waals surface area contributed by atoms with Gasteiger partial charge in [-0.3, -0.25) is 0 Å². The highest BCUT2D eigenvalue weighted by molar-refractivity contribution is 7.26. The Hall–Kier alpha value is -4.02. The molecular formula is C42H40BNOS. The molecule has 0 unspecified atom stereocenters. The summed E-state index contributed by atoms with van der Waals surface area (Å²) in [5.41, 5.74) is 14.8. The molecule has 0 radical (unpaired) electrons. The molecular weight excluding hydrogens is 577 g/mol. The summed E-state index contributed by atoms with van der Waals surface area (Å²) in [6, 6.07) is 30.5. The predicted octanol–water partition coefficient (Wildman–Crippen LogP) is 9.85. The number of ether oxygens (including phenoxy) is 1. The van der Waals surface area contributed by atoms with E-state index in [9.17, 15) is 0 Å². The lowest BCUT2D eigenvalue weighted by Gasteiger charge is -2.41. The minimum Gasteiger partial charge on any atom is -0.458 e. The van der Waals surface area contributed by atoms with Crippen molar-refractivity contribution < 1.29 is 4.74 Å². The van der Waals surface area contributed by atoms with Gasteiger partial charge in [0.25, 0.3) is 6.71 Å². The van der Waals surface area contributed by atoms with Crippen molar-refractivity contribution in [1.29, 1.82) is 0 Å². The first-order valence-corrected chi connectivity index (χ1v) is 17.7. The number of fused-ring (bicyclic) bond motifs is 10. The molecule has 3 heterocycles. The third-order valence-corrected chi connectivity index (χ3v) is 11.8. The fraction of sp³-hybridized carbons (Fsp3) is 0.286. The van der Waals surface area contributed by atoms with Crippen molar-refractivity contribution in [1.82, 2.24) is 0 Å². The van der Waals surface area contributed by atoms with Crippen LogP contribution < -0.4 is 26.0 Å². The van der Waals surface area contributed by atoms with Crippen LogP contribution in [0.3, 0.4) is 0 Å². The third kappa shape index (κ3) is 4.02. The number of hydrogen-bond donors (Lipinski definition) is 0. The van der Waals surface area contributed by atoms with Crippen LogP contribution in [0.1, 0.15) is 75.8 Å². The van der Waals surface area contributed by atoms with Gasteiger partial charge in [0.05, 0.1) is 5.69 Å². The molecule has 0 fully saturated rings. The van der Waals surface area contributed by atoms with Crippen LogP contribution in [-0.2, 0) is 23.7 Å². The van der Waals surface area contributed by atoms with Gasteiger partial charge in [0.15, 0.2) is 0 Å². The van der Waals surface area contributed by atoms with Gasteiger partial charge in [0.2, 0.25) is 0 Å². The SMILES string of the molecule is Cc1cc2c3c(c1)N(c1ccc(C(C)(C)C)cc1)c1c(ccc4sc5c6c(ccc5c14)CCC6)B3c1cc(C(C)(C)C)ccc1O2. The van der Waals surface area contributed by atoms with Gasteiger partial charge < -0.3 is 9.64 Å². The molecule has 0 N–H and O–H groups in total. The second-order valence-electron chi connectivity index (χ2n) is 15.8. The van der Waals surface area contributed by atoms with Crippen LogP contribution in [0.15, 0.2) is 78.9 Å². The molecule has 5 aromatic carbocycles. The summed E-state index contributed by atoms with van der Waals surface area (Å²) in [6.07, 6.45) is 3.65. The predicted molar refractivity (Wildman–Crippen MR) is 199 cm³/mol. The summed E-state index contributed by atoms with van der Waals surface area (Å²) in [5.74, 6) is 1.95. The summed E-state index contributed by atoms with van der Waals surface area (Å²) in [6.45, 7) is 16.1. The van der Waals surface area contributed by atoms with Gasteiger partial charge >= 0.3 is 0 Å². The van der Waals surface area contributed by atoms with Gasteiger partial charge in [0, 0.05) is 31.5 Å². The normalized spacial score (nSPS) is 15.1. The smallest absolute Gasteiger partial charge is 0.256 e. The maximum Gasteiger partial charge on any atom is 0.256 e. The standard InChI is InChI=1S/C42H40BNOS/c1-24-21-33-38-35(22-24)45-34-19-14-27(42(5,6)7)23-32(34)43(38)31-18-20-36-37(30-17-11-25-9-8-10-29(25)40(30)46-36)39(31)44(33)28-15-12-26(13-16-28)41(2,3)4/h11-23H,8-10H2,1-7H3. The Morgan fingerprint density at radius 1 is 0.739 bits per heavy atom. The van der Waals surface area contributed by atoms with E-state index in [1.54, 1.807) is 11.1 Å². The Bertz CT molecular complexity index is 2250. The van der Waals surface area contributed by atoms with Crippen LogP contribution in [0, 0.1) is 6.92 Å². The zero-order valence-electron chi connectivity index (χ0n) is 28.0. The molecule has 0 saturated carbocycles. The molecule has 1 aromatic heterocycles. The lowest BCUT2D eigenvalue weighted by Crippen LogP contribution is -2.59. The third-order valence-electron chi connectivity index (χ3n) is 10.6. The summed E-state index contributed by atoms with van der Waals surface area (Å²) < 4.78 is 9.66. The van der Waals surface area contributed by atoms with Crippen molar-refractivity contribution in [3.63, 3.8) is 0 Å². The molecule has 2 aliphatic heterocycles. The number of nitrogens with zero attached hydrogens (tertiary/aromatic N) is 1. The highest BCUT2D eigenvalue weighted by Crippen LogP contribution is 2.49. The molecule has 6 aromatic rings. The maximum absolute atomic E-state index is 6.80. The van der Waals surface area contributed by atoms with Crippen molar-refractivity contribution in [2.24, 2.45) is 0 Å². The fourth-order valence-electron chi connectivity index (χ4n) is 8.20. The van der Waals surface area contributed by atoms with Crippen molar-refractivity contribution in [3.8, 4) is 11.5 Å². The molecule has 228 valence electrons. The van der Waals surface area contributed by atoms with Gasteiger partial charge in [-0.1, -0.05) is 84.0 Å².